The number of hydrogen-bond acceptors (Lipinski definition) is 4. The Morgan fingerprint density at radius 1 is 1.27 bits per heavy atom. The summed E-state index contributed by atoms with van der Waals surface area (Å²) >= 11 is 1.68. The number of aromatic nitrogens is 1. The number of amides is 1. The molecule has 5 heteroatoms. The molecule has 0 N–H and O–H groups in total. The van der Waals surface area contributed by atoms with Gasteiger partial charge in [0.1, 0.15) is 10.6 Å². The van der Waals surface area contributed by atoms with Crippen molar-refractivity contribution in [1.29, 1.82) is 0 Å². The molecule has 2 heterocycles. The first-order valence-electron chi connectivity index (χ1n) is 7.34. The molecule has 0 fully saturated rings. The highest BCUT2D eigenvalue weighted by Gasteiger charge is 2.27. The van der Waals surface area contributed by atoms with Crippen LogP contribution in [0.3, 0.4) is 0 Å². The summed E-state index contributed by atoms with van der Waals surface area (Å²) in [6, 6.07) is 6.31. The minimum Gasteiger partial charge on any atom is -0.444 e. The standard InChI is InChI=1S/C17H20N2O2S/c1-11-8-18-15(22-11)12-5-6-13-9-19(10-14(13)7-12)16(20)21-17(2,3)4/h5-8H,9-10H2,1-4H3. The Balaban J connectivity index is 1.78. The third-order valence-corrected chi connectivity index (χ3v) is 4.41. The fourth-order valence-electron chi connectivity index (χ4n) is 2.47. The van der Waals surface area contributed by atoms with Gasteiger partial charge in [0, 0.05) is 29.7 Å². The molecule has 1 amide bonds. The van der Waals surface area contributed by atoms with E-state index in [0.29, 0.717) is 13.1 Å². The molecule has 3 rings (SSSR count). The van der Waals surface area contributed by atoms with Crippen molar-refractivity contribution in [3.63, 3.8) is 0 Å². The maximum absolute atomic E-state index is 12.2. The fraction of sp³-hybridized carbons (Fsp3) is 0.412. The summed E-state index contributed by atoms with van der Waals surface area (Å²) in [5.74, 6) is 0. The number of nitrogens with zero attached hydrogens (tertiary/aromatic N) is 2. The summed E-state index contributed by atoms with van der Waals surface area (Å²) in [6.07, 6.45) is 1.63. The highest BCUT2D eigenvalue weighted by Crippen LogP contribution is 2.31. The van der Waals surface area contributed by atoms with Crippen LogP contribution in [0.1, 0.15) is 36.8 Å². The van der Waals surface area contributed by atoms with Crippen LogP contribution in [-0.4, -0.2) is 21.6 Å². The molecule has 0 radical (unpaired) electrons. The summed E-state index contributed by atoms with van der Waals surface area (Å²) in [4.78, 5) is 19.6. The van der Waals surface area contributed by atoms with Gasteiger partial charge in [0.25, 0.3) is 0 Å². The normalized spacial score (nSPS) is 14.1. The molecule has 0 spiro atoms. The molecule has 0 bridgehead atoms. The molecule has 116 valence electrons. The molecule has 0 aliphatic carbocycles. The number of carbonyl (C=O) groups excluding carboxylic acids is 1. The molecule has 0 atom stereocenters. The lowest BCUT2D eigenvalue weighted by molar-refractivity contribution is 0.0242. The van der Waals surface area contributed by atoms with Crippen molar-refractivity contribution >= 4 is 17.4 Å². The van der Waals surface area contributed by atoms with Crippen LogP contribution < -0.4 is 0 Å². The van der Waals surface area contributed by atoms with Crippen molar-refractivity contribution in [3.05, 3.63) is 40.4 Å². The number of fused-ring (bicyclic) bond motifs is 1. The topological polar surface area (TPSA) is 42.4 Å². The SMILES string of the molecule is Cc1cnc(-c2ccc3c(c2)CN(C(=O)OC(C)(C)C)C3)s1. The smallest absolute Gasteiger partial charge is 0.410 e. The number of rotatable bonds is 1. The minimum atomic E-state index is -0.463. The van der Waals surface area contributed by atoms with Gasteiger partial charge in [-0.05, 0) is 44.9 Å². The van der Waals surface area contributed by atoms with E-state index in [1.165, 1.54) is 16.0 Å². The number of carbonyl (C=O) groups is 1. The molecule has 1 aliphatic heterocycles. The van der Waals surface area contributed by atoms with Crippen LogP contribution >= 0.6 is 11.3 Å². The van der Waals surface area contributed by atoms with Gasteiger partial charge in [0.05, 0.1) is 0 Å². The van der Waals surface area contributed by atoms with Crippen molar-refractivity contribution in [2.45, 2.75) is 46.4 Å². The molecular formula is C17H20N2O2S. The summed E-state index contributed by atoms with van der Waals surface area (Å²) in [7, 11) is 0. The van der Waals surface area contributed by atoms with E-state index >= 15 is 0 Å². The molecule has 2 aromatic rings. The Hall–Kier alpha value is -1.88. The average molecular weight is 316 g/mol. The first-order valence-corrected chi connectivity index (χ1v) is 8.16. The van der Waals surface area contributed by atoms with Crippen molar-refractivity contribution < 1.29 is 9.53 Å². The fourth-order valence-corrected chi connectivity index (χ4v) is 3.23. The largest absolute Gasteiger partial charge is 0.444 e. The molecule has 22 heavy (non-hydrogen) atoms. The highest BCUT2D eigenvalue weighted by atomic mass is 32.1. The highest BCUT2D eigenvalue weighted by molar-refractivity contribution is 7.14. The second-order valence-electron chi connectivity index (χ2n) is 6.60. The first-order chi connectivity index (χ1) is 10.3. The molecule has 1 aromatic heterocycles. The quantitative estimate of drug-likeness (QED) is 0.784. The lowest BCUT2D eigenvalue weighted by Crippen LogP contribution is -2.33. The molecule has 1 aliphatic rings. The van der Waals surface area contributed by atoms with Crippen LogP contribution in [0.2, 0.25) is 0 Å². The van der Waals surface area contributed by atoms with E-state index in [0.717, 1.165) is 10.6 Å². The minimum absolute atomic E-state index is 0.254. The van der Waals surface area contributed by atoms with E-state index in [-0.39, 0.29) is 6.09 Å². The summed E-state index contributed by atoms with van der Waals surface area (Å²) < 4.78 is 5.45. The van der Waals surface area contributed by atoms with E-state index in [4.69, 9.17) is 4.74 Å². The average Bonchev–Trinajstić information content (AvgIpc) is 3.01. The van der Waals surface area contributed by atoms with E-state index in [2.05, 4.69) is 30.1 Å². The van der Waals surface area contributed by atoms with Gasteiger partial charge in [0.2, 0.25) is 0 Å². The number of hydrogen-bond donors (Lipinski definition) is 0. The zero-order valence-corrected chi connectivity index (χ0v) is 14.2. The number of benzene rings is 1. The van der Waals surface area contributed by atoms with Gasteiger partial charge in [-0.3, -0.25) is 4.90 Å². The Kier molecular flexibility index (Phi) is 3.68. The number of ether oxygens (including phenoxy) is 1. The van der Waals surface area contributed by atoms with Crippen molar-refractivity contribution in [1.82, 2.24) is 9.88 Å². The lowest BCUT2D eigenvalue weighted by atomic mass is 10.1. The summed E-state index contributed by atoms with van der Waals surface area (Å²) in [5.41, 5.74) is 3.01. The number of aryl methyl sites for hydroxylation is 1. The molecular weight excluding hydrogens is 296 g/mol. The van der Waals surface area contributed by atoms with Gasteiger partial charge in [0.15, 0.2) is 0 Å². The zero-order valence-electron chi connectivity index (χ0n) is 13.3. The van der Waals surface area contributed by atoms with Crippen LogP contribution in [0.5, 0.6) is 0 Å². The van der Waals surface area contributed by atoms with Gasteiger partial charge >= 0.3 is 6.09 Å². The van der Waals surface area contributed by atoms with Crippen LogP contribution in [-0.2, 0) is 17.8 Å². The molecule has 1 aromatic carbocycles. The lowest BCUT2D eigenvalue weighted by Gasteiger charge is -2.24. The van der Waals surface area contributed by atoms with Gasteiger partial charge in [-0.25, -0.2) is 9.78 Å². The van der Waals surface area contributed by atoms with Crippen molar-refractivity contribution in [2.75, 3.05) is 0 Å². The summed E-state index contributed by atoms with van der Waals surface area (Å²) in [5, 5.41) is 1.02. The zero-order chi connectivity index (χ0) is 15.9. The van der Waals surface area contributed by atoms with Gasteiger partial charge in [-0.1, -0.05) is 12.1 Å². The second-order valence-corrected chi connectivity index (χ2v) is 7.83. The molecule has 0 saturated carbocycles. The maximum Gasteiger partial charge on any atom is 0.410 e. The van der Waals surface area contributed by atoms with Gasteiger partial charge < -0.3 is 4.74 Å². The maximum atomic E-state index is 12.2. The van der Waals surface area contributed by atoms with Gasteiger partial charge in [-0.15, -0.1) is 11.3 Å². The van der Waals surface area contributed by atoms with Crippen LogP contribution in [0.15, 0.2) is 24.4 Å². The molecule has 0 saturated heterocycles. The third kappa shape index (κ3) is 3.14. The van der Waals surface area contributed by atoms with E-state index in [1.54, 1.807) is 16.2 Å². The van der Waals surface area contributed by atoms with Crippen LogP contribution in [0.25, 0.3) is 10.6 Å². The van der Waals surface area contributed by atoms with Crippen LogP contribution in [0.4, 0.5) is 4.79 Å². The predicted octanol–water partition coefficient (Wildman–Crippen LogP) is 4.37. The van der Waals surface area contributed by atoms with Crippen molar-refractivity contribution in [3.8, 4) is 10.6 Å². The Bertz CT molecular complexity index is 716. The molecule has 0 unspecified atom stereocenters. The predicted molar refractivity (Wildman–Crippen MR) is 87.8 cm³/mol. The second kappa shape index (κ2) is 5.39. The van der Waals surface area contributed by atoms with E-state index in [9.17, 15) is 4.79 Å². The summed E-state index contributed by atoms with van der Waals surface area (Å²) in [6.45, 7) is 8.92. The Morgan fingerprint density at radius 2 is 2.00 bits per heavy atom. The van der Waals surface area contributed by atoms with E-state index in [1.807, 2.05) is 27.0 Å². The first kappa shape index (κ1) is 15.0. The Morgan fingerprint density at radius 3 is 2.64 bits per heavy atom. The van der Waals surface area contributed by atoms with Gasteiger partial charge in [-0.2, -0.15) is 0 Å². The van der Waals surface area contributed by atoms with Crippen LogP contribution in [0, 0.1) is 6.92 Å². The molecule has 4 nitrogen and oxygen atoms in total. The third-order valence-electron chi connectivity index (χ3n) is 3.45. The van der Waals surface area contributed by atoms with E-state index < -0.39 is 5.60 Å². The van der Waals surface area contributed by atoms with Crippen molar-refractivity contribution in [2.24, 2.45) is 0 Å². The number of thiazole rings is 1. The monoisotopic (exact) mass is 316 g/mol. The Labute approximate surface area is 134 Å².